The molecule has 2 atom stereocenters. The fourth-order valence-corrected chi connectivity index (χ4v) is 4.08. The number of hydrogen-bond donors (Lipinski definition) is 0. The molecule has 0 aliphatic carbocycles. The Morgan fingerprint density at radius 3 is 2.32 bits per heavy atom. The van der Waals surface area contributed by atoms with Gasteiger partial charge in [-0.25, -0.2) is 0 Å². The van der Waals surface area contributed by atoms with Crippen molar-refractivity contribution < 1.29 is 18.9 Å². The van der Waals surface area contributed by atoms with E-state index in [2.05, 4.69) is 6.07 Å². The van der Waals surface area contributed by atoms with Crippen LogP contribution >= 0.6 is 0 Å². The second-order valence-electron chi connectivity index (χ2n) is 6.35. The third-order valence-corrected chi connectivity index (χ3v) is 5.15. The number of fused-ring (bicyclic) bond motifs is 6. The lowest BCUT2D eigenvalue weighted by molar-refractivity contribution is 0.133. The maximum atomic E-state index is 6.31. The van der Waals surface area contributed by atoms with Gasteiger partial charge in [0, 0.05) is 16.3 Å². The second-order valence-corrected chi connectivity index (χ2v) is 6.35. The third kappa shape index (κ3) is 1.88. The summed E-state index contributed by atoms with van der Waals surface area (Å²) in [4.78, 5) is 0. The van der Waals surface area contributed by atoms with Crippen LogP contribution in [0.5, 0.6) is 23.0 Å². The largest absolute Gasteiger partial charge is 0.496 e. The quantitative estimate of drug-likeness (QED) is 0.693. The molecule has 3 aromatic rings. The van der Waals surface area contributed by atoms with Crippen LogP contribution in [0, 0.1) is 0 Å². The maximum Gasteiger partial charge on any atom is 0.172 e. The van der Waals surface area contributed by atoms with E-state index in [1.54, 1.807) is 14.2 Å². The van der Waals surface area contributed by atoms with Crippen molar-refractivity contribution in [1.29, 1.82) is 0 Å². The van der Waals surface area contributed by atoms with E-state index in [9.17, 15) is 0 Å². The highest BCUT2D eigenvalue weighted by atomic mass is 16.5. The Morgan fingerprint density at radius 1 is 0.880 bits per heavy atom. The minimum Gasteiger partial charge on any atom is -0.496 e. The van der Waals surface area contributed by atoms with Gasteiger partial charge in [-0.05, 0) is 6.07 Å². The first-order valence-electron chi connectivity index (χ1n) is 8.38. The summed E-state index contributed by atoms with van der Waals surface area (Å²) in [6, 6.07) is 16.2. The zero-order valence-electron chi connectivity index (χ0n) is 14.1. The minimum absolute atomic E-state index is 0.130. The van der Waals surface area contributed by atoms with Crippen molar-refractivity contribution in [2.45, 2.75) is 12.0 Å². The molecule has 3 aromatic carbocycles. The standard InChI is InChI=1S/C21H18O4/c1-22-18-13-8-3-4-9-14(13)20(23-2)21-17(18)19-15(11-24-21)12-7-5-6-10-16(12)25-19/h3-10,15,19H,11H2,1-2H3/t15-,19+/m0/s1. The Hall–Kier alpha value is -2.88. The lowest BCUT2D eigenvalue weighted by Crippen LogP contribution is -2.24. The summed E-state index contributed by atoms with van der Waals surface area (Å²) < 4.78 is 24.0. The monoisotopic (exact) mass is 334 g/mol. The van der Waals surface area contributed by atoms with E-state index in [1.165, 1.54) is 5.56 Å². The van der Waals surface area contributed by atoms with Crippen molar-refractivity contribution in [2.24, 2.45) is 0 Å². The zero-order chi connectivity index (χ0) is 17.0. The highest BCUT2D eigenvalue weighted by molar-refractivity contribution is 5.97. The summed E-state index contributed by atoms with van der Waals surface area (Å²) in [5.41, 5.74) is 2.12. The van der Waals surface area contributed by atoms with Crippen LogP contribution in [-0.4, -0.2) is 20.8 Å². The second kappa shape index (κ2) is 5.31. The molecule has 0 N–H and O–H groups in total. The van der Waals surface area contributed by atoms with Crippen LogP contribution in [0.4, 0.5) is 0 Å². The number of hydrogen-bond acceptors (Lipinski definition) is 4. The number of para-hydroxylation sites is 1. The fraction of sp³-hybridized carbons (Fsp3) is 0.238. The molecule has 4 heteroatoms. The van der Waals surface area contributed by atoms with Crippen LogP contribution in [-0.2, 0) is 0 Å². The predicted octanol–water partition coefficient (Wildman–Crippen LogP) is 4.47. The smallest absolute Gasteiger partial charge is 0.172 e. The highest BCUT2D eigenvalue weighted by Gasteiger charge is 2.44. The Bertz CT molecular complexity index is 979. The van der Waals surface area contributed by atoms with Crippen molar-refractivity contribution in [3.8, 4) is 23.0 Å². The first-order chi connectivity index (χ1) is 12.3. The van der Waals surface area contributed by atoms with Crippen LogP contribution < -0.4 is 18.9 Å². The summed E-state index contributed by atoms with van der Waals surface area (Å²) in [7, 11) is 3.37. The third-order valence-electron chi connectivity index (χ3n) is 5.15. The van der Waals surface area contributed by atoms with Gasteiger partial charge < -0.3 is 18.9 Å². The van der Waals surface area contributed by atoms with Gasteiger partial charge >= 0.3 is 0 Å². The van der Waals surface area contributed by atoms with Crippen LogP contribution in [0.2, 0.25) is 0 Å². The molecule has 2 aliphatic heterocycles. The Morgan fingerprint density at radius 2 is 1.56 bits per heavy atom. The van der Waals surface area contributed by atoms with E-state index in [-0.39, 0.29) is 12.0 Å². The average molecular weight is 334 g/mol. The van der Waals surface area contributed by atoms with E-state index in [1.807, 2.05) is 42.5 Å². The van der Waals surface area contributed by atoms with E-state index < -0.39 is 0 Å². The summed E-state index contributed by atoms with van der Waals surface area (Å²) in [6.07, 6.45) is -0.130. The number of ether oxygens (including phenoxy) is 4. The molecule has 2 aliphatic rings. The minimum atomic E-state index is -0.130. The van der Waals surface area contributed by atoms with Crippen molar-refractivity contribution in [3.05, 3.63) is 59.7 Å². The van der Waals surface area contributed by atoms with Crippen LogP contribution in [0.1, 0.15) is 23.1 Å². The molecule has 0 saturated heterocycles. The molecule has 0 unspecified atom stereocenters. The number of benzene rings is 3. The molecule has 0 amide bonds. The topological polar surface area (TPSA) is 36.9 Å². The van der Waals surface area contributed by atoms with Gasteiger partial charge in [-0.1, -0.05) is 42.5 Å². The van der Waals surface area contributed by atoms with Gasteiger partial charge in [0.15, 0.2) is 11.5 Å². The summed E-state index contributed by atoms with van der Waals surface area (Å²) in [5.74, 6) is 3.34. The SMILES string of the molecule is COc1c2c(c(OC)c3ccccc13)[C@@H]1Oc3ccccc3[C@@H]1CO2. The van der Waals surface area contributed by atoms with E-state index in [0.717, 1.165) is 39.3 Å². The summed E-state index contributed by atoms with van der Waals surface area (Å²) >= 11 is 0. The van der Waals surface area contributed by atoms with Crippen molar-refractivity contribution >= 4 is 10.8 Å². The van der Waals surface area contributed by atoms with Gasteiger partial charge in [0.25, 0.3) is 0 Å². The highest BCUT2D eigenvalue weighted by Crippen LogP contribution is 2.58. The molecule has 0 spiro atoms. The molecular formula is C21H18O4. The molecule has 25 heavy (non-hydrogen) atoms. The van der Waals surface area contributed by atoms with Gasteiger partial charge in [0.05, 0.1) is 32.3 Å². The van der Waals surface area contributed by atoms with Gasteiger partial charge in [-0.3, -0.25) is 0 Å². The molecule has 4 nitrogen and oxygen atoms in total. The Balaban J connectivity index is 1.80. The van der Waals surface area contributed by atoms with E-state index in [4.69, 9.17) is 18.9 Å². The fourth-order valence-electron chi connectivity index (χ4n) is 4.08. The van der Waals surface area contributed by atoms with Gasteiger partial charge in [-0.15, -0.1) is 0 Å². The van der Waals surface area contributed by atoms with Crippen molar-refractivity contribution in [2.75, 3.05) is 20.8 Å². The van der Waals surface area contributed by atoms with Gasteiger partial charge in [-0.2, -0.15) is 0 Å². The van der Waals surface area contributed by atoms with E-state index in [0.29, 0.717) is 6.61 Å². The first-order valence-corrected chi connectivity index (χ1v) is 8.38. The lowest BCUT2D eigenvalue weighted by Gasteiger charge is -2.31. The van der Waals surface area contributed by atoms with Gasteiger partial charge in [0.2, 0.25) is 0 Å². The Kier molecular flexibility index (Phi) is 3.07. The first kappa shape index (κ1) is 14.5. The van der Waals surface area contributed by atoms with Gasteiger partial charge in [0.1, 0.15) is 17.6 Å². The number of rotatable bonds is 2. The summed E-state index contributed by atoms with van der Waals surface area (Å²) in [6.45, 7) is 0.562. The molecule has 0 aromatic heterocycles. The zero-order valence-corrected chi connectivity index (χ0v) is 14.1. The average Bonchev–Trinajstić information content (AvgIpc) is 3.04. The molecule has 0 radical (unpaired) electrons. The normalized spacial score (nSPS) is 20.1. The van der Waals surface area contributed by atoms with Crippen LogP contribution in [0.25, 0.3) is 10.8 Å². The molecule has 5 rings (SSSR count). The van der Waals surface area contributed by atoms with E-state index >= 15 is 0 Å². The number of methoxy groups -OCH3 is 2. The molecule has 2 heterocycles. The van der Waals surface area contributed by atoms with Crippen molar-refractivity contribution in [3.63, 3.8) is 0 Å². The summed E-state index contributed by atoms with van der Waals surface area (Å²) in [5, 5.41) is 1.99. The lowest BCUT2D eigenvalue weighted by atomic mass is 9.87. The van der Waals surface area contributed by atoms with Crippen molar-refractivity contribution in [1.82, 2.24) is 0 Å². The predicted molar refractivity (Wildman–Crippen MR) is 95.1 cm³/mol. The molecule has 0 bridgehead atoms. The Labute approximate surface area is 145 Å². The molecular weight excluding hydrogens is 316 g/mol. The van der Waals surface area contributed by atoms with Crippen LogP contribution in [0.15, 0.2) is 48.5 Å². The maximum absolute atomic E-state index is 6.31. The molecule has 126 valence electrons. The molecule has 0 saturated carbocycles. The van der Waals surface area contributed by atoms with Crippen LogP contribution in [0.3, 0.4) is 0 Å². The molecule has 0 fully saturated rings.